The molecule has 1 aromatic heterocycles. The average molecular weight is 260 g/mol. The van der Waals surface area contributed by atoms with Crippen molar-refractivity contribution in [3.8, 4) is 0 Å². The van der Waals surface area contributed by atoms with E-state index in [2.05, 4.69) is 29.9 Å². The number of hydrogen-bond donors (Lipinski definition) is 1. The van der Waals surface area contributed by atoms with E-state index >= 15 is 0 Å². The van der Waals surface area contributed by atoms with Crippen molar-refractivity contribution >= 4 is 10.9 Å². The van der Waals surface area contributed by atoms with Gasteiger partial charge in [0.05, 0.1) is 0 Å². The second-order valence-electron chi connectivity index (χ2n) is 5.83. The van der Waals surface area contributed by atoms with Gasteiger partial charge in [-0.25, -0.2) is 4.39 Å². The lowest BCUT2D eigenvalue weighted by Gasteiger charge is -2.26. The highest BCUT2D eigenvalue weighted by molar-refractivity contribution is 5.84. The highest BCUT2D eigenvalue weighted by Crippen LogP contribution is 2.26. The van der Waals surface area contributed by atoms with Crippen LogP contribution in [0.3, 0.4) is 0 Å². The first kappa shape index (κ1) is 12.7. The molecule has 19 heavy (non-hydrogen) atoms. The topological polar surface area (TPSA) is 17.0 Å². The summed E-state index contributed by atoms with van der Waals surface area (Å²) in [5, 5.41) is 4.61. The lowest BCUT2D eigenvalue weighted by molar-refractivity contribution is 0.338. The highest BCUT2D eigenvalue weighted by atomic mass is 19.1. The number of hydrogen-bond acceptors (Lipinski definition) is 1. The molecule has 0 unspecified atom stereocenters. The zero-order chi connectivity index (χ0) is 13.4. The maximum Gasteiger partial charge on any atom is 0.123 e. The van der Waals surface area contributed by atoms with Gasteiger partial charge in [0.15, 0.2) is 0 Å². The molecular formula is C16H21FN2. The van der Waals surface area contributed by atoms with Crippen molar-refractivity contribution in [2.45, 2.75) is 51.7 Å². The van der Waals surface area contributed by atoms with E-state index in [0.717, 1.165) is 17.4 Å². The Balaban J connectivity index is 1.94. The van der Waals surface area contributed by atoms with Crippen LogP contribution in [-0.4, -0.2) is 10.6 Å². The molecular weight excluding hydrogens is 239 g/mol. The lowest BCUT2D eigenvalue weighted by atomic mass is 9.93. The Morgan fingerprint density at radius 2 is 2.16 bits per heavy atom. The van der Waals surface area contributed by atoms with Gasteiger partial charge in [-0.15, -0.1) is 0 Å². The minimum Gasteiger partial charge on any atom is -0.345 e. The van der Waals surface area contributed by atoms with Gasteiger partial charge < -0.3 is 9.88 Å². The van der Waals surface area contributed by atoms with Crippen molar-refractivity contribution in [3.63, 3.8) is 0 Å². The average Bonchev–Trinajstić information content (AvgIpc) is 2.66. The van der Waals surface area contributed by atoms with E-state index in [-0.39, 0.29) is 5.82 Å². The SMILES string of the molecule is CC(C)n1cc(CNC2CCC2)c2cc(F)ccc21. The van der Waals surface area contributed by atoms with Gasteiger partial charge in [-0.05, 0) is 50.5 Å². The van der Waals surface area contributed by atoms with Crippen molar-refractivity contribution in [3.05, 3.63) is 35.8 Å². The van der Waals surface area contributed by atoms with Crippen LogP contribution >= 0.6 is 0 Å². The zero-order valence-corrected chi connectivity index (χ0v) is 11.6. The third kappa shape index (κ3) is 2.39. The van der Waals surface area contributed by atoms with Crippen LogP contribution < -0.4 is 5.32 Å². The Hall–Kier alpha value is -1.35. The Kier molecular flexibility index (Phi) is 3.31. The molecule has 0 amide bonds. The van der Waals surface area contributed by atoms with Crippen LogP contribution in [0.15, 0.2) is 24.4 Å². The summed E-state index contributed by atoms with van der Waals surface area (Å²) in [5.74, 6) is -0.154. The number of benzene rings is 1. The predicted octanol–water partition coefficient (Wildman–Crippen LogP) is 4.00. The highest BCUT2D eigenvalue weighted by Gasteiger charge is 2.18. The smallest absolute Gasteiger partial charge is 0.123 e. The summed E-state index contributed by atoms with van der Waals surface area (Å²) in [6.45, 7) is 5.15. The zero-order valence-electron chi connectivity index (χ0n) is 11.6. The van der Waals surface area contributed by atoms with Gasteiger partial charge in [0.1, 0.15) is 5.82 Å². The molecule has 3 rings (SSSR count). The van der Waals surface area contributed by atoms with E-state index in [1.54, 1.807) is 12.1 Å². The molecule has 0 spiro atoms. The Morgan fingerprint density at radius 1 is 1.37 bits per heavy atom. The van der Waals surface area contributed by atoms with Crippen LogP contribution in [0.1, 0.15) is 44.7 Å². The summed E-state index contributed by atoms with van der Waals surface area (Å²) < 4.78 is 15.7. The normalized spacial score (nSPS) is 16.2. The number of nitrogens with one attached hydrogen (secondary N) is 1. The molecule has 1 aromatic carbocycles. The fourth-order valence-corrected chi connectivity index (χ4v) is 2.73. The standard InChI is InChI=1S/C16H21FN2/c1-11(2)19-10-12(9-18-14-4-3-5-14)15-8-13(17)6-7-16(15)19/h6-8,10-11,14,18H,3-5,9H2,1-2H3. The number of fused-ring (bicyclic) bond motifs is 1. The second-order valence-corrected chi connectivity index (χ2v) is 5.83. The third-order valence-electron chi connectivity index (χ3n) is 4.12. The summed E-state index contributed by atoms with van der Waals surface area (Å²) >= 11 is 0. The lowest BCUT2D eigenvalue weighted by Crippen LogP contribution is -2.34. The predicted molar refractivity (Wildman–Crippen MR) is 76.8 cm³/mol. The molecule has 1 saturated carbocycles. The van der Waals surface area contributed by atoms with Gasteiger partial charge >= 0.3 is 0 Å². The van der Waals surface area contributed by atoms with Gasteiger partial charge in [0.25, 0.3) is 0 Å². The van der Waals surface area contributed by atoms with Crippen LogP contribution in [-0.2, 0) is 6.54 Å². The minimum atomic E-state index is -0.154. The molecule has 2 aromatic rings. The van der Waals surface area contributed by atoms with Crippen molar-refractivity contribution in [1.29, 1.82) is 0 Å². The first-order valence-electron chi connectivity index (χ1n) is 7.17. The van der Waals surface area contributed by atoms with Crippen LogP contribution in [0.4, 0.5) is 4.39 Å². The molecule has 0 atom stereocenters. The third-order valence-corrected chi connectivity index (χ3v) is 4.12. The number of aromatic nitrogens is 1. The summed E-state index contributed by atoms with van der Waals surface area (Å²) in [7, 11) is 0. The first-order chi connectivity index (χ1) is 9.15. The Bertz CT molecular complexity index is 582. The maximum absolute atomic E-state index is 13.5. The van der Waals surface area contributed by atoms with Crippen molar-refractivity contribution in [2.75, 3.05) is 0 Å². The Labute approximate surface area is 113 Å². The quantitative estimate of drug-likeness (QED) is 0.879. The molecule has 1 N–H and O–H groups in total. The number of rotatable bonds is 4. The molecule has 1 aliphatic carbocycles. The van der Waals surface area contributed by atoms with Crippen molar-refractivity contribution < 1.29 is 4.39 Å². The molecule has 1 fully saturated rings. The fraction of sp³-hybridized carbons (Fsp3) is 0.500. The van der Waals surface area contributed by atoms with Crippen LogP contribution in [0.25, 0.3) is 10.9 Å². The van der Waals surface area contributed by atoms with Gasteiger partial charge in [-0.3, -0.25) is 0 Å². The monoisotopic (exact) mass is 260 g/mol. The molecule has 2 nitrogen and oxygen atoms in total. The molecule has 0 aliphatic heterocycles. The first-order valence-corrected chi connectivity index (χ1v) is 7.17. The summed E-state index contributed by atoms with van der Waals surface area (Å²) in [6, 6.07) is 6.14. The number of halogens is 1. The maximum atomic E-state index is 13.5. The molecule has 1 aliphatic rings. The van der Waals surface area contributed by atoms with Crippen molar-refractivity contribution in [2.24, 2.45) is 0 Å². The molecule has 0 radical (unpaired) electrons. The van der Waals surface area contributed by atoms with Crippen LogP contribution in [0.2, 0.25) is 0 Å². The van der Waals surface area contributed by atoms with E-state index in [4.69, 9.17) is 0 Å². The van der Waals surface area contributed by atoms with E-state index in [1.165, 1.54) is 24.8 Å². The summed E-state index contributed by atoms with van der Waals surface area (Å²) in [5.41, 5.74) is 2.33. The molecule has 0 saturated heterocycles. The van der Waals surface area contributed by atoms with Gasteiger partial charge in [-0.2, -0.15) is 0 Å². The van der Waals surface area contributed by atoms with E-state index in [1.807, 2.05) is 6.07 Å². The minimum absolute atomic E-state index is 0.154. The van der Waals surface area contributed by atoms with E-state index in [0.29, 0.717) is 12.1 Å². The van der Waals surface area contributed by atoms with Crippen LogP contribution in [0, 0.1) is 5.82 Å². The summed E-state index contributed by atoms with van der Waals surface area (Å²) in [6.07, 6.45) is 6.05. The van der Waals surface area contributed by atoms with Crippen LogP contribution in [0.5, 0.6) is 0 Å². The number of nitrogens with zero attached hydrogens (tertiary/aromatic N) is 1. The second kappa shape index (κ2) is 4.97. The van der Waals surface area contributed by atoms with Crippen molar-refractivity contribution in [1.82, 2.24) is 9.88 Å². The molecule has 102 valence electrons. The van der Waals surface area contributed by atoms with Gasteiger partial charge in [0.2, 0.25) is 0 Å². The Morgan fingerprint density at radius 3 is 2.79 bits per heavy atom. The fourth-order valence-electron chi connectivity index (χ4n) is 2.73. The largest absolute Gasteiger partial charge is 0.345 e. The van der Waals surface area contributed by atoms with E-state index < -0.39 is 0 Å². The van der Waals surface area contributed by atoms with E-state index in [9.17, 15) is 4.39 Å². The molecule has 3 heteroatoms. The van der Waals surface area contributed by atoms with Gasteiger partial charge in [0, 0.05) is 35.7 Å². The van der Waals surface area contributed by atoms with Gasteiger partial charge in [-0.1, -0.05) is 6.42 Å². The summed E-state index contributed by atoms with van der Waals surface area (Å²) in [4.78, 5) is 0. The molecule has 1 heterocycles. The molecule has 0 bridgehead atoms.